The van der Waals surface area contributed by atoms with Crippen molar-refractivity contribution in [2.24, 2.45) is 7.05 Å². The van der Waals surface area contributed by atoms with Gasteiger partial charge < -0.3 is 19.4 Å². The number of hydrogen-bond acceptors (Lipinski definition) is 7. The van der Waals surface area contributed by atoms with Gasteiger partial charge in [0, 0.05) is 37.3 Å². The van der Waals surface area contributed by atoms with Crippen LogP contribution >= 0.6 is 0 Å². The highest BCUT2D eigenvalue weighted by atomic mass is 19.1. The number of fused-ring (bicyclic) bond motifs is 1. The second kappa shape index (κ2) is 10.5. The number of benzene rings is 1. The molecule has 1 saturated heterocycles. The summed E-state index contributed by atoms with van der Waals surface area (Å²) < 4.78 is 26.9. The number of nitrogens with one attached hydrogen (secondary N) is 1. The van der Waals surface area contributed by atoms with Crippen LogP contribution in [0.3, 0.4) is 0 Å². The van der Waals surface area contributed by atoms with Gasteiger partial charge in [-0.3, -0.25) is 9.36 Å². The smallest absolute Gasteiger partial charge is 0.407 e. The van der Waals surface area contributed by atoms with Crippen molar-refractivity contribution in [3.05, 3.63) is 70.7 Å². The molecular weight excluding hydrogens is 513 g/mol. The molecule has 3 aliphatic rings. The predicted octanol–water partition coefficient (Wildman–Crippen LogP) is 5.32. The number of ether oxygens (including phenoxy) is 1. The van der Waals surface area contributed by atoms with Gasteiger partial charge in [-0.2, -0.15) is 5.26 Å². The molecule has 1 aliphatic carbocycles. The Kier molecular flexibility index (Phi) is 7.06. The predicted molar refractivity (Wildman–Crippen MR) is 149 cm³/mol. The van der Waals surface area contributed by atoms with Crippen LogP contribution in [-0.2, 0) is 11.8 Å². The molecule has 1 aromatic carbocycles. The van der Waals surface area contributed by atoms with E-state index < -0.39 is 17.5 Å². The summed E-state index contributed by atoms with van der Waals surface area (Å²) in [6.45, 7) is 6.53. The first-order valence-electron chi connectivity index (χ1n) is 13.1. The first-order valence-corrected chi connectivity index (χ1v) is 13.1. The van der Waals surface area contributed by atoms with Crippen molar-refractivity contribution in [1.29, 1.82) is 5.26 Å². The fourth-order valence-electron chi connectivity index (χ4n) is 5.01. The zero-order chi connectivity index (χ0) is 28.6. The number of amides is 1. The number of hydrogen-bond donors (Lipinski definition) is 1. The van der Waals surface area contributed by atoms with Gasteiger partial charge in [-0.1, -0.05) is 18.2 Å². The Morgan fingerprint density at radius 2 is 1.88 bits per heavy atom. The van der Waals surface area contributed by atoms with Crippen LogP contribution < -0.4 is 15.8 Å². The highest BCUT2D eigenvalue weighted by Gasteiger charge is 2.28. The topological polar surface area (TPSA) is 113 Å². The largest absolute Gasteiger partial charge is 0.472 e. The molecule has 2 aromatic rings. The lowest BCUT2D eigenvalue weighted by Gasteiger charge is -2.34. The molecule has 2 aliphatic heterocycles. The van der Waals surface area contributed by atoms with Crippen LogP contribution in [0, 0.1) is 17.1 Å². The Hall–Kier alpha value is -4.65. The second-order valence-electron chi connectivity index (χ2n) is 10.9. The molecule has 0 radical (unpaired) electrons. The molecule has 1 aromatic heterocycles. The third-order valence-electron chi connectivity index (χ3n) is 6.94. The average Bonchev–Trinajstić information content (AvgIpc) is 3.33. The minimum atomic E-state index is -0.685. The normalized spacial score (nSPS) is 14.2. The molecule has 0 unspecified atom stereocenters. The highest BCUT2D eigenvalue weighted by Crippen LogP contribution is 2.39. The van der Waals surface area contributed by atoms with E-state index in [4.69, 9.17) is 14.1 Å². The molecule has 1 amide bonds. The number of anilines is 1. The summed E-state index contributed by atoms with van der Waals surface area (Å²) in [7, 11) is 1.67. The summed E-state index contributed by atoms with van der Waals surface area (Å²) in [5.74, 6) is -0.245. The first-order chi connectivity index (χ1) is 19.1. The van der Waals surface area contributed by atoms with Gasteiger partial charge in [0.05, 0.1) is 29.3 Å². The Labute approximate surface area is 231 Å². The summed E-state index contributed by atoms with van der Waals surface area (Å²) in [5.41, 5.74) is 2.37. The Balaban J connectivity index is 1.53. The SMILES string of the molecule is Cn1c(N2CCC(NC(=O)OC(C)(C)C)CC2)nc(-c2ccc(C#N)c(F)c2)c(-c2ccc3coccc2-3)c1=O. The van der Waals surface area contributed by atoms with E-state index in [1.165, 1.54) is 23.0 Å². The van der Waals surface area contributed by atoms with Gasteiger partial charge in [0.1, 0.15) is 17.5 Å². The Morgan fingerprint density at radius 1 is 1.15 bits per heavy atom. The van der Waals surface area contributed by atoms with Crippen LogP contribution in [-0.4, -0.2) is 40.4 Å². The molecule has 1 fully saturated rings. The van der Waals surface area contributed by atoms with Gasteiger partial charge in [-0.15, -0.1) is 0 Å². The zero-order valence-electron chi connectivity index (χ0n) is 22.8. The highest BCUT2D eigenvalue weighted by molar-refractivity contribution is 5.92. The molecule has 3 heterocycles. The molecule has 9 nitrogen and oxygen atoms in total. The summed E-state index contributed by atoms with van der Waals surface area (Å²) in [6.07, 6.45) is 3.94. The van der Waals surface area contributed by atoms with E-state index in [2.05, 4.69) is 5.32 Å². The van der Waals surface area contributed by atoms with Gasteiger partial charge in [0.2, 0.25) is 5.95 Å². The van der Waals surface area contributed by atoms with Crippen molar-refractivity contribution in [2.75, 3.05) is 18.0 Å². The van der Waals surface area contributed by atoms with Gasteiger partial charge >= 0.3 is 6.09 Å². The lowest BCUT2D eigenvalue weighted by Crippen LogP contribution is -2.47. The summed E-state index contributed by atoms with van der Waals surface area (Å²) in [6, 6.07) is 11.5. The van der Waals surface area contributed by atoms with E-state index in [1.807, 2.05) is 43.9 Å². The van der Waals surface area contributed by atoms with Gasteiger partial charge in [-0.25, -0.2) is 14.2 Å². The molecule has 0 spiro atoms. The molecule has 0 saturated carbocycles. The second-order valence-corrected chi connectivity index (χ2v) is 10.9. The van der Waals surface area contributed by atoms with Gasteiger partial charge in [-0.05, 0) is 62.9 Å². The Bertz CT molecular complexity index is 1640. The van der Waals surface area contributed by atoms with Crippen molar-refractivity contribution in [3.8, 4) is 39.6 Å². The van der Waals surface area contributed by atoms with Crippen LogP contribution in [0.25, 0.3) is 33.5 Å². The van der Waals surface area contributed by atoms with E-state index in [0.717, 1.165) is 11.1 Å². The molecule has 40 heavy (non-hydrogen) atoms. The third-order valence-corrected chi connectivity index (χ3v) is 6.94. The average molecular weight is 544 g/mol. The van der Waals surface area contributed by atoms with E-state index in [1.54, 1.807) is 25.4 Å². The number of nitrogens with zero attached hydrogens (tertiary/aromatic N) is 4. The lowest BCUT2D eigenvalue weighted by molar-refractivity contribution is 0.0497. The van der Waals surface area contributed by atoms with Crippen molar-refractivity contribution in [2.45, 2.75) is 45.3 Å². The number of rotatable bonds is 4. The molecule has 206 valence electrons. The number of carbonyl (C=O) groups is 1. The zero-order valence-corrected chi connectivity index (χ0v) is 22.8. The third kappa shape index (κ3) is 5.27. The molecule has 1 N–H and O–H groups in total. The standard InChI is InChI=1S/C30H30FN5O4/c1-30(2,3)40-29(38)33-21-9-12-36(13-10-21)28-34-26(18-5-6-19(16-32)24(31)15-18)25(27(37)35(28)4)23-8-7-20-17-39-14-11-22(20)23/h5-8,11,14-15,17,21H,9-10,12-13H2,1-4H3,(H,33,38). The minimum Gasteiger partial charge on any atom is -0.472 e. The maximum Gasteiger partial charge on any atom is 0.407 e. The van der Waals surface area contributed by atoms with Gasteiger partial charge in [0.25, 0.3) is 5.56 Å². The van der Waals surface area contributed by atoms with Crippen LogP contribution in [0.2, 0.25) is 0 Å². The van der Waals surface area contributed by atoms with Crippen LogP contribution in [0.15, 0.2) is 58.1 Å². The van der Waals surface area contributed by atoms with Crippen LogP contribution in [0.4, 0.5) is 15.1 Å². The number of alkyl carbamates (subject to hydrolysis) is 1. The summed E-state index contributed by atoms with van der Waals surface area (Å²) in [4.78, 5) is 33.1. The van der Waals surface area contributed by atoms with Crippen molar-refractivity contribution < 1.29 is 18.3 Å². The van der Waals surface area contributed by atoms with E-state index in [9.17, 15) is 19.2 Å². The minimum absolute atomic E-state index is 0.0735. The van der Waals surface area contributed by atoms with Crippen LogP contribution in [0.1, 0.15) is 39.2 Å². The van der Waals surface area contributed by atoms with Crippen LogP contribution in [0.5, 0.6) is 0 Å². The lowest BCUT2D eigenvalue weighted by atomic mass is 9.97. The molecule has 10 heteroatoms. The van der Waals surface area contributed by atoms with Crippen molar-refractivity contribution >= 4 is 12.0 Å². The molecule has 0 atom stereocenters. The van der Waals surface area contributed by atoms with Crippen molar-refractivity contribution in [3.63, 3.8) is 0 Å². The maximum atomic E-state index is 14.7. The fraction of sp³-hybridized carbons (Fsp3) is 0.333. The monoisotopic (exact) mass is 543 g/mol. The van der Waals surface area contributed by atoms with Crippen molar-refractivity contribution in [1.82, 2.24) is 14.9 Å². The summed E-state index contributed by atoms with van der Waals surface area (Å²) in [5, 5.41) is 12.1. The number of carbonyl (C=O) groups excluding carboxylic acids is 1. The quantitative estimate of drug-likeness (QED) is 0.371. The maximum absolute atomic E-state index is 14.7. The van der Waals surface area contributed by atoms with E-state index in [0.29, 0.717) is 54.3 Å². The summed E-state index contributed by atoms with van der Waals surface area (Å²) >= 11 is 0. The van der Waals surface area contributed by atoms with E-state index >= 15 is 0 Å². The Morgan fingerprint density at radius 3 is 2.55 bits per heavy atom. The molecule has 0 bridgehead atoms. The first kappa shape index (κ1) is 26.9. The molecule has 5 rings (SSSR count). The number of piperidine rings is 1. The number of nitriles is 1. The number of halogens is 1. The van der Waals surface area contributed by atoms with E-state index in [-0.39, 0.29) is 17.2 Å². The number of aromatic nitrogens is 2. The molecular formula is C30H30FN5O4. The fourth-order valence-corrected chi connectivity index (χ4v) is 5.01. The van der Waals surface area contributed by atoms with Gasteiger partial charge in [0.15, 0.2) is 0 Å².